The topological polar surface area (TPSA) is 105 Å². The first-order valence-corrected chi connectivity index (χ1v) is 12.9. The number of fused-ring (bicyclic) bond motifs is 1. The first-order valence-electron chi connectivity index (χ1n) is 12.9. The summed E-state index contributed by atoms with van der Waals surface area (Å²) in [6.07, 6.45) is 3.21. The van der Waals surface area contributed by atoms with Gasteiger partial charge in [0.05, 0.1) is 37.0 Å². The van der Waals surface area contributed by atoms with E-state index >= 15 is 0 Å². The van der Waals surface area contributed by atoms with Crippen LogP contribution in [0.4, 0.5) is 4.79 Å². The van der Waals surface area contributed by atoms with Crippen LogP contribution in [0.1, 0.15) is 44.5 Å². The van der Waals surface area contributed by atoms with E-state index in [-0.39, 0.29) is 18.9 Å². The van der Waals surface area contributed by atoms with Crippen molar-refractivity contribution in [3.63, 3.8) is 0 Å². The minimum Gasteiger partial charge on any atom is -0.489 e. The van der Waals surface area contributed by atoms with E-state index in [2.05, 4.69) is 21.5 Å². The number of aromatic nitrogens is 3. The Bertz CT molecular complexity index is 1470. The molecule has 1 amide bonds. The van der Waals surface area contributed by atoms with Gasteiger partial charge in [0.2, 0.25) is 0 Å². The zero-order valence-corrected chi connectivity index (χ0v) is 23.0. The van der Waals surface area contributed by atoms with Gasteiger partial charge in [-0.1, -0.05) is 18.2 Å². The molecule has 0 radical (unpaired) electrons. The number of pyridine rings is 1. The number of esters is 1. The lowest BCUT2D eigenvalue weighted by Crippen LogP contribution is -2.32. The quantitative estimate of drug-likeness (QED) is 0.291. The van der Waals surface area contributed by atoms with Crippen LogP contribution < -0.4 is 10.1 Å². The molecule has 2 heterocycles. The maximum atomic E-state index is 12.1. The molecule has 9 nitrogen and oxygen atoms in total. The second kappa shape index (κ2) is 12.0. The number of amides is 1. The van der Waals surface area contributed by atoms with Gasteiger partial charge in [-0.05, 0) is 74.7 Å². The predicted octanol–water partition coefficient (Wildman–Crippen LogP) is 5.34. The Labute approximate surface area is 228 Å². The highest BCUT2D eigenvalue weighted by Gasteiger charge is 2.17. The molecule has 0 atom stereocenters. The maximum Gasteiger partial charge on any atom is 0.407 e. The summed E-state index contributed by atoms with van der Waals surface area (Å²) in [5.74, 6) is 0.346. The second-order valence-corrected chi connectivity index (χ2v) is 10.1. The van der Waals surface area contributed by atoms with Crippen LogP contribution in [0, 0.1) is 0 Å². The van der Waals surface area contributed by atoms with Crippen LogP contribution in [0.3, 0.4) is 0 Å². The number of nitrogens with zero attached hydrogens (tertiary/aromatic N) is 3. The summed E-state index contributed by atoms with van der Waals surface area (Å²) in [6, 6.07) is 15.5. The van der Waals surface area contributed by atoms with Crippen molar-refractivity contribution in [1.82, 2.24) is 20.1 Å². The van der Waals surface area contributed by atoms with E-state index in [0.29, 0.717) is 24.7 Å². The average molecular weight is 531 g/mol. The Kier molecular flexibility index (Phi) is 8.49. The van der Waals surface area contributed by atoms with Crippen molar-refractivity contribution < 1.29 is 23.8 Å². The van der Waals surface area contributed by atoms with Crippen molar-refractivity contribution in [2.75, 3.05) is 6.61 Å². The standard InChI is InChI=1S/C30H34N4O5/c1-6-37-28(35)16-22-9-7-8-10-27(22)38-19-20-13-24(25-18-33-34(5)26(25)14-20)21-11-12-31-23(15-21)17-32-29(36)39-30(2,3)4/h7-15,18H,6,16-17,19H2,1-5H3,(H,32,36). The number of nitrogens with one attached hydrogen (secondary N) is 1. The Balaban J connectivity index is 1.57. The van der Waals surface area contributed by atoms with Gasteiger partial charge in [-0.3, -0.25) is 14.5 Å². The minimum absolute atomic E-state index is 0.146. The Hall–Kier alpha value is -4.40. The number of hydrogen-bond acceptors (Lipinski definition) is 7. The summed E-state index contributed by atoms with van der Waals surface area (Å²) in [6.45, 7) is 8.12. The molecule has 0 unspecified atom stereocenters. The van der Waals surface area contributed by atoms with E-state index in [1.807, 2.05) is 81.2 Å². The molecule has 9 heteroatoms. The lowest BCUT2D eigenvalue weighted by atomic mass is 9.99. The molecule has 4 rings (SSSR count). The SMILES string of the molecule is CCOC(=O)Cc1ccccc1OCc1cc(-c2ccnc(CNC(=O)OC(C)(C)C)c2)c2cnn(C)c2c1. The third-order valence-corrected chi connectivity index (χ3v) is 5.87. The normalized spacial score (nSPS) is 11.3. The van der Waals surface area contributed by atoms with E-state index in [9.17, 15) is 9.59 Å². The van der Waals surface area contributed by atoms with Gasteiger partial charge in [0.1, 0.15) is 18.0 Å². The molecule has 0 spiro atoms. The Morgan fingerprint density at radius 2 is 1.87 bits per heavy atom. The molecule has 204 valence electrons. The van der Waals surface area contributed by atoms with E-state index < -0.39 is 11.7 Å². The fourth-order valence-corrected chi connectivity index (χ4v) is 4.17. The number of benzene rings is 2. The summed E-state index contributed by atoms with van der Waals surface area (Å²) >= 11 is 0. The molecule has 0 aliphatic carbocycles. The van der Waals surface area contributed by atoms with Gasteiger partial charge in [-0.15, -0.1) is 0 Å². The zero-order valence-electron chi connectivity index (χ0n) is 23.0. The zero-order chi connectivity index (χ0) is 28.0. The van der Waals surface area contributed by atoms with Crippen LogP contribution in [-0.4, -0.2) is 39.0 Å². The molecule has 39 heavy (non-hydrogen) atoms. The molecule has 1 N–H and O–H groups in total. The molecular weight excluding hydrogens is 496 g/mol. The maximum absolute atomic E-state index is 12.1. The first kappa shape index (κ1) is 27.6. The molecule has 0 aliphatic rings. The summed E-state index contributed by atoms with van der Waals surface area (Å²) in [7, 11) is 1.90. The van der Waals surface area contributed by atoms with Crippen LogP contribution in [0.25, 0.3) is 22.0 Å². The number of alkyl carbamates (subject to hydrolysis) is 1. The average Bonchev–Trinajstić information content (AvgIpc) is 3.26. The van der Waals surface area contributed by atoms with Gasteiger partial charge in [0.25, 0.3) is 0 Å². The van der Waals surface area contributed by atoms with Gasteiger partial charge >= 0.3 is 12.1 Å². The first-order chi connectivity index (χ1) is 18.6. The molecule has 0 fully saturated rings. The smallest absolute Gasteiger partial charge is 0.407 e. The fourth-order valence-electron chi connectivity index (χ4n) is 4.17. The molecule has 0 aliphatic heterocycles. The molecule has 0 bridgehead atoms. The lowest BCUT2D eigenvalue weighted by molar-refractivity contribution is -0.142. The van der Waals surface area contributed by atoms with E-state index in [1.54, 1.807) is 13.1 Å². The monoisotopic (exact) mass is 530 g/mol. The Morgan fingerprint density at radius 3 is 2.64 bits per heavy atom. The molecule has 2 aromatic heterocycles. The van der Waals surface area contributed by atoms with Crippen LogP contribution in [0.2, 0.25) is 0 Å². The number of hydrogen-bond donors (Lipinski definition) is 1. The van der Waals surface area contributed by atoms with E-state index in [1.165, 1.54) is 0 Å². The van der Waals surface area contributed by atoms with Crippen molar-refractivity contribution in [3.8, 4) is 16.9 Å². The van der Waals surface area contributed by atoms with Gasteiger partial charge in [0.15, 0.2) is 0 Å². The highest BCUT2D eigenvalue weighted by Crippen LogP contribution is 2.31. The summed E-state index contributed by atoms with van der Waals surface area (Å²) in [5, 5.41) is 8.20. The highest BCUT2D eigenvalue weighted by molar-refractivity contribution is 5.95. The van der Waals surface area contributed by atoms with Gasteiger partial charge in [0, 0.05) is 24.2 Å². The van der Waals surface area contributed by atoms with Crippen molar-refractivity contribution in [2.24, 2.45) is 7.05 Å². The van der Waals surface area contributed by atoms with Gasteiger partial charge in [-0.25, -0.2) is 4.79 Å². The summed E-state index contributed by atoms with van der Waals surface area (Å²) in [5.41, 5.74) is 4.70. The van der Waals surface area contributed by atoms with Crippen LogP contribution >= 0.6 is 0 Å². The molecule has 0 saturated heterocycles. The molecule has 4 aromatic rings. The molecule has 0 saturated carbocycles. The third kappa shape index (κ3) is 7.34. The van der Waals surface area contributed by atoms with Crippen molar-refractivity contribution in [3.05, 3.63) is 77.7 Å². The number of para-hydroxylation sites is 1. The molecule has 2 aromatic carbocycles. The van der Waals surface area contributed by atoms with Crippen LogP contribution in [0.5, 0.6) is 5.75 Å². The van der Waals surface area contributed by atoms with Gasteiger partial charge < -0.3 is 19.5 Å². The second-order valence-electron chi connectivity index (χ2n) is 10.1. The van der Waals surface area contributed by atoms with Crippen molar-refractivity contribution in [2.45, 2.75) is 52.9 Å². The number of aryl methyl sites for hydroxylation is 1. The highest BCUT2D eigenvalue weighted by atomic mass is 16.6. The van der Waals surface area contributed by atoms with E-state index in [4.69, 9.17) is 14.2 Å². The summed E-state index contributed by atoms with van der Waals surface area (Å²) < 4.78 is 18.4. The predicted molar refractivity (Wildman–Crippen MR) is 148 cm³/mol. The number of carbonyl (C=O) groups is 2. The molecular formula is C30H34N4O5. The van der Waals surface area contributed by atoms with Crippen molar-refractivity contribution >= 4 is 23.0 Å². The Morgan fingerprint density at radius 1 is 1.08 bits per heavy atom. The summed E-state index contributed by atoms with van der Waals surface area (Å²) in [4.78, 5) is 28.6. The number of carbonyl (C=O) groups excluding carboxylic acids is 2. The third-order valence-electron chi connectivity index (χ3n) is 5.87. The van der Waals surface area contributed by atoms with Crippen LogP contribution in [-0.2, 0) is 40.9 Å². The van der Waals surface area contributed by atoms with E-state index in [0.717, 1.165) is 33.2 Å². The van der Waals surface area contributed by atoms with Gasteiger partial charge in [-0.2, -0.15) is 5.10 Å². The minimum atomic E-state index is -0.576. The largest absolute Gasteiger partial charge is 0.489 e. The lowest BCUT2D eigenvalue weighted by Gasteiger charge is -2.19. The fraction of sp³-hybridized carbons (Fsp3) is 0.333. The number of ether oxygens (including phenoxy) is 3. The van der Waals surface area contributed by atoms with Crippen molar-refractivity contribution in [1.29, 1.82) is 0 Å². The number of rotatable bonds is 9. The van der Waals surface area contributed by atoms with Crippen LogP contribution in [0.15, 0.2) is 60.9 Å².